The van der Waals surface area contributed by atoms with Gasteiger partial charge in [-0.05, 0) is 46.4 Å². The number of carbonyl (C=O) groups is 2. The number of Topliss-reactive ketones (excluding diaryl/α,β-unsaturated/α-hetero) is 1. The molecular weight excluding hydrogens is 425 g/mol. The Hall–Kier alpha value is -2.98. The Labute approximate surface area is 191 Å². The SMILES string of the molecule is CC1(C)CC(=O)C2=C(C1)N(c1ccc(F)c(Cl)c1)C(=O)CC2c1ccc2ccccc2c1. The molecule has 1 atom stereocenters. The van der Waals surface area contributed by atoms with Crippen molar-refractivity contribution in [3.05, 3.63) is 88.3 Å². The number of benzene rings is 3. The zero-order valence-electron chi connectivity index (χ0n) is 18.0. The average molecular weight is 448 g/mol. The predicted molar refractivity (Wildman–Crippen MR) is 125 cm³/mol. The molecule has 1 amide bonds. The Bertz CT molecular complexity index is 1310. The second-order valence-electron chi connectivity index (χ2n) is 9.49. The molecule has 0 N–H and O–H groups in total. The highest BCUT2D eigenvalue weighted by Crippen LogP contribution is 2.48. The third-order valence-corrected chi connectivity index (χ3v) is 6.77. The third kappa shape index (κ3) is 3.53. The van der Waals surface area contributed by atoms with Crippen LogP contribution in [0.25, 0.3) is 10.8 Å². The van der Waals surface area contributed by atoms with Gasteiger partial charge in [0.25, 0.3) is 0 Å². The minimum atomic E-state index is -0.539. The lowest BCUT2D eigenvalue weighted by atomic mass is 9.69. The highest BCUT2D eigenvalue weighted by Gasteiger charge is 2.44. The van der Waals surface area contributed by atoms with E-state index < -0.39 is 5.82 Å². The van der Waals surface area contributed by atoms with Gasteiger partial charge in [-0.15, -0.1) is 0 Å². The van der Waals surface area contributed by atoms with Crippen LogP contribution in [-0.2, 0) is 9.59 Å². The molecule has 162 valence electrons. The van der Waals surface area contributed by atoms with Gasteiger partial charge in [-0.2, -0.15) is 0 Å². The van der Waals surface area contributed by atoms with Gasteiger partial charge in [-0.3, -0.25) is 14.5 Å². The summed E-state index contributed by atoms with van der Waals surface area (Å²) in [5.74, 6) is -0.878. The van der Waals surface area contributed by atoms with Gasteiger partial charge < -0.3 is 0 Å². The van der Waals surface area contributed by atoms with E-state index in [-0.39, 0.29) is 34.5 Å². The lowest BCUT2D eigenvalue weighted by Crippen LogP contribution is -2.43. The number of carbonyl (C=O) groups excluding carboxylic acids is 2. The van der Waals surface area contributed by atoms with Crippen LogP contribution in [0, 0.1) is 11.2 Å². The summed E-state index contributed by atoms with van der Waals surface area (Å²) >= 11 is 6.02. The largest absolute Gasteiger partial charge is 0.294 e. The van der Waals surface area contributed by atoms with Crippen molar-refractivity contribution in [2.75, 3.05) is 4.90 Å². The second-order valence-corrected chi connectivity index (χ2v) is 9.90. The Balaban J connectivity index is 1.69. The lowest BCUT2D eigenvalue weighted by Gasteiger charge is -2.43. The number of hydrogen-bond donors (Lipinski definition) is 0. The van der Waals surface area contributed by atoms with Crippen molar-refractivity contribution in [3.8, 4) is 0 Å². The summed E-state index contributed by atoms with van der Waals surface area (Å²) in [6.45, 7) is 4.07. The van der Waals surface area contributed by atoms with E-state index in [1.165, 1.54) is 12.1 Å². The van der Waals surface area contributed by atoms with Gasteiger partial charge in [-0.25, -0.2) is 4.39 Å². The predicted octanol–water partition coefficient (Wildman–Crippen LogP) is 6.80. The molecular formula is C27H23ClFNO2. The monoisotopic (exact) mass is 447 g/mol. The highest BCUT2D eigenvalue weighted by atomic mass is 35.5. The van der Waals surface area contributed by atoms with E-state index in [0.717, 1.165) is 16.3 Å². The summed E-state index contributed by atoms with van der Waals surface area (Å²) in [5, 5.41) is 2.15. The van der Waals surface area contributed by atoms with Gasteiger partial charge >= 0.3 is 0 Å². The number of halogens is 2. The number of fused-ring (bicyclic) bond motifs is 1. The normalized spacial score (nSPS) is 20.6. The molecule has 0 radical (unpaired) electrons. The van der Waals surface area contributed by atoms with Crippen molar-refractivity contribution >= 4 is 39.8 Å². The molecule has 0 saturated heterocycles. The minimum Gasteiger partial charge on any atom is -0.294 e. The molecule has 5 heteroatoms. The molecule has 1 unspecified atom stereocenters. The van der Waals surface area contributed by atoms with E-state index in [4.69, 9.17) is 11.6 Å². The summed E-state index contributed by atoms with van der Waals surface area (Å²) in [4.78, 5) is 28.4. The zero-order valence-corrected chi connectivity index (χ0v) is 18.7. The number of ketones is 1. The maximum Gasteiger partial charge on any atom is 0.232 e. The molecule has 0 fully saturated rings. The first-order valence-electron chi connectivity index (χ1n) is 10.8. The van der Waals surface area contributed by atoms with Gasteiger partial charge in [0.05, 0.1) is 10.7 Å². The van der Waals surface area contributed by atoms with Crippen molar-refractivity contribution < 1.29 is 14.0 Å². The van der Waals surface area contributed by atoms with E-state index in [2.05, 4.69) is 6.07 Å². The number of anilines is 1. The molecule has 0 aromatic heterocycles. The molecule has 0 spiro atoms. The van der Waals surface area contributed by atoms with E-state index in [1.54, 1.807) is 11.0 Å². The molecule has 1 heterocycles. The fourth-order valence-electron chi connectivity index (χ4n) is 5.05. The van der Waals surface area contributed by atoms with Crippen LogP contribution in [0.1, 0.15) is 44.6 Å². The average Bonchev–Trinajstić information content (AvgIpc) is 2.74. The number of rotatable bonds is 2. The Morgan fingerprint density at radius 2 is 1.72 bits per heavy atom. The van der Waals surface area contributed by atoms with Crippen LogP contribution in [0.4, 0.5) is 10.1 Å². The molecule has 1 aliphatic heterocycles. The maximum atomic E-state index is 13.8. The molecule has 3 nitrogen and oxygen atoms in total. The number of allylic oxidation sites excluding steroid dienone is 2. The minimum absolute atomic E-state index is 0.0458. The third-order valence-electron chi connectivity index (χ3n) is 6.48. The molecule has 3 aromatic carbocycles. The molecule has 5 rings (SSSR count). The molecule has 32 heavy (non-hydrogen) atoms. The second kappa shape index (κ2) is 7.56. The van der Waals surface area contributed by atoms with Crippen molar-refractivity contribution in [2.45, 2.75) is 39.0 Å². The number of amides is 1. The van der Waals surface area contributed by atoms with Crippen LogP contribution in [0.3, 0.4) is 0 Å². The lowest BCUT2D eigenvalue weighted by molar-refractivity contribution is -0.121. The maximum absolute atomic E-state index is 13.8. The molecule has 0 bridgehead atoms. The van der Waals surface area contributed by atoms with Crippen LogP contribution < -0.4 is 4.90 Å². The Morgan fingerprint density at radius 1 is 0.969 bits per heavy atom. The summed E-state index contributed by atoms with van der Waals surface area (Å²) < 4.78 is 13.8. The fraction of sp³-hybridized carbons (Fsp3) is 0.259. The Morgan fingerprint density at radius 3 is 2.47 bits per heavy atom. The Kier molecular flexibility index (Phi) is 4.94. The smallest absolute Gasteiger partial charge is 0.232 e. The first-order valence-corrected chi connectivity index (χ1v) is 11.1. The first-order chi connectivity index (χ1) is 15.2. The standard InChI is InChI=1S/C27H23ClFNO2/c1-27(2)14-23-26(24(31)15-27)20(18-8-7-16-5-3-4-6-17(16)11-18)13-25(32)30(23)19-9-10-22(29)21(28)12-19/h3-12,20H,13-15H2,1-2H3. The van der Waals surface area contributed by atoms with Gasteiger partial charge in [0.1, 0.15) is 5.82 Å². The van der Waals surface area contributed by atoms with Gasteiger partial charge in [0.2, 0.25) is 5.91 Å². The number of hydrogen-bond acceptors (Lipinski definition) is 2. The fourth-order valence-corrected chi connectivity index (χ4v) is 5.22. The van der Waals surface area contributed by atoms with Crippen LogP contribution in [-0.4, -0.2) is 11.7 Å². The van der Waals surface area contributed by atoms with E-state index in [1.807, 2.05) is 50.2 Å². The van der Waals surface area contributed by atoms with Crippen LogP contribution in [0.2, 0.25) is 5.02 Å². The first kappa shape index (κ1) is 20.9. The van der Waals surface area contributed by atoms with E-state index in [0.29, 0.717) is 29.8 Å². The van der Waals surface area contributed by atoms with Crippen LogP contribution in [0.5, 0.6) is 0 Å². The zero-order chi connectivity index (χ0) is 22.6. The van der Waals surface area contributed by atoms with Crippen molar-refractivity contribution in [3.63, 3.8) is 0 Å². The molecule has 2 aliphatic rings. The number of nitrogens with zero attached hydrogens (tertiary/aromatic N) is 1. The summed E-state index contributed by atoms with van der Waals surface area (Å²) in [6.07, 6.45) is 1.19. The summed E-state index contributed by atoms with van der Waals surface area (Å²) in [5.41, 5.74) is 2.59. The van der Waals surface area contributed by atoms with Crippen LogP contribution in [0.15, 0.2) is 71.9 Å². The topological polar surface area (TPSA) is 37.4 Å². The van der Waals surface area contributed by atoms with E-state index in [9.17, 15) is 14.0 Å². The quantitative estimate of drug-likeness (QED) is 0.433. The van der Waals surface area contributed by atoms with Gasteiger partial charge in [0, 0.05) is 30.0 Å². The molecule has 0 saturated carbocycles. The van der Waals surface area contributed by atoms with Crippen molar-refractivity contribution in [1.82, 2.24) is 0 Å². The summed E-state index contributed by atoms with van der Waals surface area (Å²) in [7, 11) is 0. The molecule has 3 aromatic rings. The van der Waals surface area contributed by atoms with Crippen molar-refractivity contribution in [1.29, 1.82) is 0 Å². The van der Waals surface area contributed by atoms with Gasteiger partial charge in [-0.1, -0.05) is 67.9 Å². The van der Waals surface area contributed by atoms with E-state index >= 15 is 0 Å². The van der Waals surface area contributed by atoms with Crippen LogP contribution >= 0.6 is 11.6 Å². The molecule has 1 aliphatic carbocycles. The van der Waals surface area contributed by atoms with Gasteiger partial charge in [0.15, 0.2) is 5.78 Å². The van der Waals surface area contributed by atoms with Crippen molar-refractivity contribution in [2.24, 2.45) is 5.41 Å². The summed E-state index contributed by atoms with van der Waals surface area (Å²) in [6, 6.07) is 18.5. The highest BCUT2D eigenvalue weighted by molar-refractivity contribution is 6.31.